The first-order chi connectivity index (χ1) is 24.8. The first-order valence-electron chi connectivity index (χ1n) is 20.7. The highest BCUT2D eigenvalue weighted by molar-refractivity contribution is 6.74. The molecular formula is C42H76O9Si2. The summed E-state index contributed by atoms with van der Waals surface area (Å²) in [6, 6.07) is 6.13. The maximum absolute atomic E-state index is 13.6. The van der Waals surface area contributed by atoms with Gasteiger partial charge in [-0.05, 0) is 87.9 Å². The van der Waals surface area contributed by atoms with Gasteiger partial charge < -0.3 is 33.3 Å². The molecule has 0 aliphatic carbocycles. The molecule has 0 amide bonds. The second-order valence-electron chi connectivity index (χ2n) is 16.4. The van der Waals surface area contributed by atoms with E-state index in [4.69, 9.17) is 23.1 Å². The molecule has 0 aromatic carbocycles. The molecule has 1 fully saturated rings. The van der Waals surface area contributed by atoms with Crippen molar-refractivity contribution < 1.29 is 42.9 Å². The normalized spacial score (nSPS) is 30.2. The van der Waals surface area contributed by atoms with Gasteiger partial charge in [0.1, 0.15) is 17.8 Å². The zero-order valence-electron chi connectivity index (χ0n) is 35.5. The molecule has 2 N–H and O–H groups in total. The number of hydrogen-bond acceptors (Lipinski definition) is 9. The van der Waals surface area contributed by atoms with Gasteiger partial charge in [-0.15, -0.1) is 0 Å². The van der Waals surface area contributed by atoms with E-state index in [2.05, 4.69) is 55.4 Å². The van der Waals surface area contributed by atoms with Crippen molar-refractivity contribution >= 4 is 28.6 Å². The molecule has 10 atom stereocenters. The second-order valence-corrected chi connectivity index (χ2v) is 25.9. The van der Waals surface area contributed by atoms with Gasteiger partial charge in [-0.1, -0.05) is 86.6 Å². The van der Waals surface area contributed by atoms with Gasteiger partial charge in [-0.3, -0.25) is 9.59 Å². The highest BCUT2D eigenvalue weighted by Gasteiger charge is 2.49. The van der Waals surface area contributed by atoms with Gasteiger partial charge in [0.25, 0.3) is 0 Å². The molecule has 2 aliphatic heterocycles. The highest BCUT2D eigenvalue weighted by Crippen LogP contribution is 2.40. The molecule has 11 heteroatoms. The molecule has 0 saturated carbocycles. The van der Waals surface area contributed by atoms with E-state index >= 15 is 0 Å². The van der Waals surface area contributed by atoms with Gasteiger partial charge in [-0.2, -0.15) is 0 Å². The Morgan fingerprint density at radius 2 is 1.62 bits per heavy atom. The summed E-state index contributed by atoms with van der Waals surface area (Å²) in [5, 5.41) is 22.9. The third-order valence-electron chi connectivity index (χ3n) is 12.3. The Morgan fingerprint density at radius 1 is 1.04 bits per heavy atom. The lowest BCUT2D eigenvalue weighted by molar-refractivity contribution is -0.157. The zero-order valence-corrected chi connectivity index (χ0v) is 37.5. The first kappa shape index (κ1) is 47.5. The molecule has 0 aromatic heterocycles. The minimum atomic E-state index is -2.09. The van der Waals surface area contributed by atoms with Crippen molar-refractivity contribution in [1.29, 1.82) is 0 Å². The van der Waals surface area contributed by atoms with Crippen molar-refractivity contribution in [1.82, 2.24) is 0 Å². The fourth-order valence-corrected chi connectivity index (χ4v) is 13.9. The molecule has 0 aromatic rings. The van der Waals surface area contributed by atoms with Gasteiger partial charge in [0.2, 0.25) is 0 Å². The Morgan fingerprint density at radius 3 is 2.15 bits per heavy atom. The number of aliphatic hydroxyl groups is 2. The fourth-order valence-electron chi connectivity index (χ4n) is 7.93. The van der Waals surface area contributed by atoms with E-state index < -0.39 is 52.1 Å². The third kappa shape index (κ3) is 14.1. The number of allylic oxidation sites excluding steroid dienone is 2. The maximum Gasteiger partial charge on any atom is 0.308 e. The third-order valence-corrected chi connectivity index (χ3v) is 21.7. The Kier molecular flexibility index (Phi) is 18.9. The maximum atomic E-state index is 13.6. The second kappa shape index (κ2) is 21.1. The minimum Gasteiger partial charge on any atom is -0.457 e. The predicted molar refractivity (Wildman–Crippen MR) is 219 cm³/mol. The van der Waals surface area contributed by atoms with Crippen molar-refractivity contribution in [3.8, 4) is 0 Å². The van der Waals surface area contributed by atoms with Gasteiger partial charge in [0.15, 0.2) is 16.6 Å². The average Bonchev–Trinajstić information content (AvgIpc) is 3.88. The van der Waals surface area contributed by atoms with Crippen molar-refractivity contribution in [2.45, 2.75) is 206 Å². The van der Waals surface area contributed by atoms with Crippen LogP contribution >= 0.6 is 0 Å². The van der Waals surface area contributed by atoms with Crippen LogP contribution in [-0.2, 0) is 32.7 Å². The van der Waals surface area contributed by atoms with Gasteiger partial charge >= 0.3 is 11.9 Å². The summed E-state index contributed by atoms with van der Waals surface area (Å²) in [4.78, 5) is 25.7. The molecule has 0 bridgehead atoms. The van der Waals surface area contributed by atoms with Crippen molar-refractivity contribution in [2.75, 3.05) is 0 Å². The van der Waals surface area contributed by atoms with Crippen LogP contribution in [0.2, 0.25) is 36.3 Å². The highest BCUT2D eigenvalue weighted by atomic mass is 28.4. The van der Waals surface area contributed by atoms with Crippen LogP contribution in [0, 0.1) is 11.8 Å². The molecule has 2 rings (SSSR count). The molecular weight excluding hydrogens is 705 g/mol. The summed E-state index contributed by atoms with van der Waals surface area (Å²) < 4.78 is 31.6. The summed E-state index contributed by atoms with van der Waals surface area (Å²) in [6.45, 7) is 26.2. The number of rotatable bonds is 19. The van der Waals surface area contributed by atoms with Crippen LogP contribution in [0.5, 0.6) is 0 Å². The summed E-state index contributed by atoms with van der Waals surface area (Å²) >= 11 is 0. The molecule has 2 heterocycles. The van der Waals surface area contributed by atoms with Crippen molar-refractivity contribution in [3.05, 3.63) is 36.0 Å². The van der Waals surface area contributed by atoms with E-state index in [9.17, 15) is 19.8 Å². The van der Waals surface area contributed by atoms with Crippen molar-refractivity contribution in [3.63, 3.8) is 0 Å². The summed E-state index contributed by atoms with van der Waals surface area (Å²) in [6.07, 6.45) is 9.42. The fraction of sp³-hybridized carbons (Fsp3) is 0.810. The number of hydrogen-bond donors (Lipinski definition) is 2. The number of carbonyl (C=O) groups excluding carboxylic acids is 2. The van der Waals surface area contributed by atoms with Gasteiger partial charge in [-0.25, -0.2) is 0 Å². The number of epoxide rings is 1. The van der Waals surface area contributed by atoms with Crippen LogP contribution in [0.25, 0.3) is 0 Å². The SMILES string of the molecule is CCC(O[Si](CC)(CC)CC)C(C)C1OC1CC(C)(O)C=CC=C(C)C1OC(=O)CC(O[Si](CC)(CC)CC)CCC(C)(O)C(OC(C)=O)C=CC1C. The van der Waals surface area contributed by atoms with E-state index in [1.54, 1.807) is 26.0 Å². The van der Waals surface area contributed by atoms with Crippen LogP contribution < -0.4 is 0 Å². The smallest absolute Gasteiger partial charge is 0.308 e. The predicted octanol–water partition coefficient (Wildman–Crippen LogP) is 9.20. The summed E-state index contributed by atoms with van der Waals surface area (Å²) in [5.74, 6) is -0.906. The molecule has 0 spiro atoms. The molecule has 306 valence electrons. The number of esters is 2. The van der Waals surface area contributed by atoms with Crippen LogP contribution in [0.4, 0.5) is 0 Å². The summed E-state index contributed by atoms with van der Waals surface area (Å²) in [7, 11) is -3.84. The lowest BCUT2D eigenvalue weighted by Crippen LogP contribution is -2.45. The minimum absolute atomic E-state index is 0.0433. The molecule has 0 radical (unpaired) electrons. The number of carbonyl (C=O) groups is 2. The van der Waals surface area contributed by atoms with E-state index in [0.717, 1.165) is 48.3 Å². The van der Waals surface area contributed by atoms with Gasteiger partial charge in [0.05, 0.1) is 30.3 Å². The monoisotopic (exact) mass is 781 g/mol. The lowest BCUT2D eigenvalue weighted by atomic mass is 9.88. The number of cyclic esters (lactones) is 1. The zero-order chi connectivity index (χ0) is 40.2. The van der Waals surface area contributed by atoms with Crippen LogP contribution in [0.15, 0.2) is 36.0 Å². The first-order valence-corrected chi connectivity index (χ1v) is 25.7. The Hall–Kier alpha value is -1.61. The quantitative estimate of drug-likeness (QED) is 0.0434. The molecule has 53 heavy (non-hydrogen) atoms. The molecule has 9 nitrogen and oxygen atoms in total. The largest absolute Gasteiger partial charge is 0.457 e. The average molecular weight is 781 g/mol. The Bertz CT molecular complexity index is 1220. The van der Waals surface area contributed by atoms with Crippen LogP contribution in [-0.4, -0.2) is 86.6 Å². The Balaban J connectivity index is 2.28. The van der Waals surface area contributed by atoms with Gasteiger partial charge in [0, 0.05) is 31.3 Å². The standard InChI is InChI=1S/C42H76O9Si2/c1-14-35(51-53(18-5,19-6)20-7)32(10)40-36(48-40)29-41(12,45)26-21-22-30(8)39-31(9)23-24-37(47-33(11)43)42(13,46)27-25-34(28-38(44)49-39)50-52(15-2,16-3)17-4/h21-24,26,31-32,34-37,39-40,45-46H,14-20,25,27-29H2,1-13H3. The number of ether oxygens (including phenoxy) is 3. The van der Waals surface area contributed by atoms with E-state index in [1.165, 1.54) is 6.92 Å². The van der Waals surface area contributed by atoms with Crippen LogP contribution in [0.3, 0.4) is 0 Å². The van der Waals surface area contributed by atoms with E-state index in [-0.39, 0.29) is 49.0 Å². The topological polar surface area (TPSA) is 124 Å². The van der Waals surface area contributed by atoms with Crippen molar-refractivity contribution in [2.24, 2.45) is 11.8 Å². The molecule has 2 aliphatic rings. The molecule has 1 saturated heterocycles. The Labute approximate surface area is 324 Å². The van der Waals surface area contributed by atoms with E-state index in [1.807, 2.05) is 32.1 Å². The lowest BCUT2D eigenvalue weighted by Gasteiger charge is -2.36. The summed E-state index contributed by atoms with van der Waals surface area (Å²) in [5.41, 5.74) is -1.68. The van der Waals surface area contributed by atoms with Crippen LogP contribution in [0.1, 0.15) is 122 Å². The molecule has 10 unspecified atom stereocenters. The van der Waals surface area contributed by atoms with E-state index in [0.29, 0.717) is 12.8 Å².